The number of hydrogen-bond donors (Lipinski definition) is 2. The van der Waals surface area contributed by atoms with Crippen molar-refractivity contribution in [1.82, 2.24) is 5.32 Å². The summed E-state index contributed by atoms with van der Waals surface area (Å²) >= 11 is 0. The Morgan fingerprint density at radius 3 is 2.33 bits per heavy atom. The minimum Gasteiger partial charge on any atom is -0.449 e. The first-order valence-electron chi connectivity index (χ1n) is 4.63. The Kier molecular flexibility index (Phi) is 5.69. The quantitative estimate of drug-likeness (QED) is 0.692. The summed E-state index contributed by atoms with van der Waals surface area (Å²) in [5.74, 6) is 0. The Morgan fingerprint density at radius 1 is 1.27 bits per heavy atom. The summed E-state index contributed by atoms with van der Waals surface area (Å²) in [6, 6.07) is 0. The summed E-state index contributed by atoms with van der Waals surface area (Å²) in [5, 5.41) is 10.3. The Balaban J connectivity index is 3.72. The molecule has 0 bridgehead atoms. The van der Waals surface area contributed by atoms with Crippen molar-refractivity contribution < 1.29 is 24.2 Å². The number of nitrogens with one attached hydrogen (secondary N) is 1. The van der Waals surface area contributed by atoms with E-state index in [2.05, 4.69) is 4.74 Å². The highest BCUT2D eigenvalue weighted by atomic mass is 16.6. The third-order valence-electron chi connectivity index (χ3n) is 1.14. The minimum atomic E-state index is -0.877. The number of aliphatic hydroxyl groups excluding tert-OH is 1. The van der Waals surface area contributed by atoms with Gasteiger partial charge in [0.2, 0.25) is 0 Å². The molecule has 0 radical (unpaired) electrons. The fourth-order valence-electron chi connectivity index (χ4n) is 0.652. The van der Waals surface area contributed by atoms with Crippen LogP contribution in [0.2, 0.25) is 0 Å². The van der Waals surface area contributed by atoms with Gasteiger partial charge in [-0.1, -0.05) is 0 Å². The summed E-state index contributed by atoms with van der Waals surface area (Å²) in [6.45, 7) is 5.04. The molecule has 6 heteroatoms. The third kappa shape index (κ3) is 9.01. The van der Waals surface area contributed by atoms with E-state index in [0.717, 1.165) is 0 Å². The van der Waals surface area contributed by atoms with Crippen LogP contribution in [-0.2, 0) is 9.47 Å². The number of hydrogen-bond acceptors (Lipinski definition) is 5. The van der Waals surface area contributed by atoms with Crippen molar-refractivity contribution in [2.45, 2.75) is 32.8 Å². The van der Waals surface area contributed by atoms with Gasteiger partial charge in [-0.25, -0.2) is 14.9 Å². The van der Waals surface area contributed by atoms with Gasteiger partial charge in [0.25, 0.3) is 0 Å². The van der Waals surface area contributed by atoms with Crippen molar-refractivity contribution in [3.8, 4) is 0 Å². The predicted molar refractivity (Wildman–Crippen MR) is 52.4 cm³/mol. The molecule has 0 aliphatic heterocycles. The summed E-state index contributed by atoms with van der Waals surface area (Å²) in [7, 11) is 0. The second-order valence-electron chi connectivity index (χ2n) is 3.84. The summed E-state index contributed by atoms with van der Waals surface area (Å²) < 4.78 is 9.37. The van der Waals surface area contributed by atoms with Crippen molar-refractivity contribution in [2.24, 2.45) is 0 Å². The number of alkyl carbamates (subject to hydrolysis) is 2. The molecule has 0 aliphatic rings. The second kappa shape index (κ2) is 6.23. The Morgan fingerprint density at radius 2 is 1.87 bits per heavy atom. The van der Waals surface area contributed by atoms with Crippen LogP contribution < -0.4 is 5.32 Å². The van der Waals surface area contributed by atoms with Crippen LogP contribution in [0.25, 0.3) is 0 Å². The highest BCUT2D eigenvalue weighted by molar-refractivity contribution is 5.87. The summed E-state index contributed by atoms with van der Waals surface area (Å²) in [4.78, 5) is 21.9. The van der Waals surface area contributed by atoms with Crippen LogP contribution in [0.5, 0.6) is 0 Å². The Hall–Kier alpha value is -1.30. The normalized spacial score (nSPS) is 10.7. The Bertz CT molecular complexity index is 221. The molecular formula is C9H17NO5. The van der Waals surface area contributed by atoms with Crippen LogP contribution in [0.15, 0.2) is 0 Å². The number of amides is 2. The van der Waals surface area contributed by atoms with Crippen molar-refractivity contribution in [3.05, 3.63) is 0 Å². The van der Waals surface area contributed by atoms with E-state index in [1.54, 1.807) is 20.8 Å². The lowest BCUT2D eigenvalue weighted by Gasteiger charge is -2.19. The van der Waals surface area contributed by atoms with Gasteiger partial charge < -0.3 is 14.6 Å². The molecule has 0 unspecified atom stereocenters. The van der Waals surface area contributed by atoms with Crippen LogP contribution in [0.4, 0.5) is 9.59 Å². The van der Waals surface area contributed by atoms with Crippen LogP contribution in [0.3, 0.4) is 0 Å². The second-order valence-corrected chi connectivity index (χ2v) is 3.84. The molecule has 0 heterocycles. The molecule has 0 rings (SSSR count). The average Bonchev–Trinajstić information content (AvgIpc) is 2.00. The molecule has 15 heavy (non-hydrogen) atoms. The maximum Gasteiger partial charge on any atom is 0.417 e. The zero-order valence-corrected chi connectivity index (χ0v) is 9.20. The van der Waals surface area contributed by atoms with Gasteiger partial charge in [0, 0.05) is 13.0 Å². The smallest absolute Gasteiger partial charge is 0.417 e. The molecule has 0 aliphatic carbocycles. The largest absolute Gasteiger partial charge is 0.449 e. The van der Waals surface area contributed by atoms with E-state index in [9.17, 15) is 9.59 Å². The lowest BCUT2D eigenvalue weighted by molar-refractivity contribution is 0.0508. The van der Waals surface area contributed by atoms with Crippen LogP contribution in [0, 0.1) is 0 Å². The molecule has 0 fully saturated rings. The first-order chi connectivity index (χ1) is 6.85. The predicted octanol–water partition coefficient (Wildman–Crippen LogP) is 1.03. The molecule has 0 spiro atoms. The van der Waals surface area contributed by atoms with Crippen LogP contribution in [0.1, 0.15) is 27.2 Å². The summed E-state index contributed by atoms with van der Waals surface area (Å²) in [5.41, 5.74) is -0.657. The molecule has 2 N–H and O–H groups in total. The zero-order valence-electron chi connectivity index (χ0n) is 9.20. The standard InChI is InChI=1S/C9H17NO5/c1-9(2,3)15-8(13)10-7(12)14-6-4-5-11/h11H,4-6H2,1-3H3,(H,10,12,13). The average molecular weight is 219 g/mol. The SMILES string of the molecule is CC(C)(C)OC(=O)NC(=O)OCCCO. The van der Waals surface area contributed by atoms with Crippen molar-refractivity contribution >= 4 is 12.2 Å². The first kappa shape index (κ1) is 13.7. The van der Waals surface area contributed by atoms with E-state index >= 15 is 0 Å². The van der Waals surface area contributed by atoms with Gasteiger partial charge in [-0.05, 0) is 20.8 Å². The molecule has 88 valence electrons. The molecule has 0 aromatic heterocycles. The first-order valence-corrected chi connectivity index (χ1v) is 4.63. The molecule has 0 saturated heterocycles. The highest BCUT2D eigenvalue weighted by Gasteiger charge is 2.18. The third-order valence-corrected chi connectivity index (χ3v) is 1.14. The van der Waals surface area contributed by atoms with Gasteiger partial charge in [0.05, 0.1) is 6.61 Å². The molecule has 2 amide bonds. The van der Waals surface area contributed by atoms with Crippen LogP contribution >= 0.6 is 0 Å². The van der Waals surface area contributed by atoms with E-state index in [-0.39, 0.29) is 13.2 Å². The molecular weight excluding hydrogens is 202 g/mol. The fourth-order valence-corrected chi connectivity index (χ4v) is 0.652. The van der Waals surface area contributed by atoms with E-state index in [0.29, 0.717) is 6.42 Å². The lowest BCUT2D eigenvalue weighted by atomic mass is 10.2. The monoisotopic (exact) mass is 219 g/mol. The number of ether oxygens (including phenoxy) is 2. The number of aliphatic hydroxyl groups is 1. The van der Waals surface area contributed by atoms with Crippen molar-refractivity contribution in [3.63, 3.8) is 0 Å². The number of carbonyl (C=O) groups excluding carboxylic acids is 2. The van der Waals surface area contributed by atoms with Gasteiger partial charge >= 0.3 is 12.2 Å². The number of rotatable bonds is 3. The maximum atomic E-state index is 11.0. The minimum absolute atomic E-state index is 0.0606. The van der Waals surface area contributed by atoms with Crippen LogP contribution in [-0.4, -0.2) is 36.1 Å². The maximum absolute atomic E-state index is 11.0. The lowest BCUT2D eigenvalue weighted by Crippen LogP contribution is -2.36. The molecule has 6 nitrogen and oxygen atoms in total. The number of imide groups is 1. The van der Waals surface area contributed by atoms with Gasteiger partial charge in [0.15, 0.2) is 0 Å². The zero-order chi connectivity index (χ0) is 11.9. The van der Waals surface area contributed by atoms with Crippen molar-refractivity contribution in [1.29, 1.82) is 0 Å². The van der Waals surface area contributed by atoms with Gasteiger partial charge in [-0.2, -0.15) is 0 Å². The molecule has 0 aromatic carbocycles. The Labute approximate surface area is 88.6 Å². The van der Waals surface area contributed by atoms with E-state index < -0.39 is 17.8 Å². The van der Waals surface area contributed by atoms with E-state index in [4.69, 9.17) is 9.84 Å². The molecule has 0 saturated carbocycles. The summed E-state index contributed by atoms with van der Waals surface area (Å²) in [6.07, 6.45) is -1.39. The van der Waals surface area contributed by atoms with Gasteiger partial charge in [-0.15, -0.1) is 0 Å². The molecule has 0 atom stereocenters. The topological polar surface area (TPSA) is 84.9 Å². The van der Waals surface area contributed by atoms with E-state index in [1.807, 2.05) is 5.32 Å². The van der Waals surface area contributed by atoms with Crippen molar-refractivity contribution in [2.75, 3.05) is 13.2 Å². The molecule has 0 aromatic rings. The van der Waals surface area contributed by atoms with Gasteiger partial charge in [-0.3, -0.25) is 0 Å². The van der Waals surface area contributed by atoms with E-state index in [1.165, 1.54) is 0 Å². The highest BCUT2D eigenvalue weighted by Crippen LogP contribution is 2.06. The fraction of sp³-hybridized carbons (Fsp3) is 0.778. The number of carbonyl (C=O) groups is 2. The van der Waals surface area contributed by atoms with Gasteiger partial charge in [0.1, 0.15) is 5.60 Å².